The third-order valence-corrected chi connectivity index (χ3v) is 7.55. The van der Waals surface area contributed by atoms with Crippen molar-refractivity contribution in [2.24, 2.45) is 0 Å². The van der Waals surface area contributed by atoms with Crippen molar-refractivity contribution < 1.29 is 4.42 Å². The molecule has 0 spiro atoms. The number of furan rings is 1. The first-order valence-electron chi connectivity index (χ1n) is 13.6. The Morgan fingerprint density at radius 3 is 1.78 bits per heavy atom. The summed E-state index contributed by atoms with van der Waals surface area (Å²) in [4.78, 5) is 15.2. The number of hydrogen-bond donors (Lipinski definition) is 0. The quantitative estimate of drug-likeness (QED) is 0.230. The summed E-state index contributed by atoms with van der Waals surface area (Å²) in [6, 6.07) is 47.4. The van der Waals surface area contributed by atoms with Crippen LogP contribution in [0.4, 0.5) is 0 Å². The topological polar surface area (TPSA) is 51.8 Å². The van der Waals surface area contributed by atoms with Gasteiger partial charge >= 0.3 is 0 Å². The molecule has 0 saturated heterocycles. The lowest BCUT2D eigenvalue weighted by atomic mass is 9.98. The molecule has 0 aliphatic rings. The van der Waals surface area contributed by atoms with E-state index in [0.717, 1.165) is 60.5 Å². The molecule has 2 aromatic heterocycles. The second-order valence-electron chi connectivity index (χ2n) is 10.0. The van der Waals surface area contributed by atoms with E-state index in [2.05, 4.69) is 72.8 Å². The van der Waals surface area contributed by atoms with Crippen LogP contribution in [0.3, 0.4) is 0 Å². The zero-order chi connectivity index (χ0) is 27.2. The molecule has 0 fully saturated rings. The number of fused-ring (bicyclic) bond motifs is 4. The van der Waals surface area contributed by atoms with Gasteiger partial charge in [-0.1, -0.05) is 121 Å². The Morgan fingerprint density at radius 2 is 0.976 bits per heavy atom. The highest BCUT2D eigenvalue weighted by atomic mass is 16.3. The maximum Gasteiger partial charge on any atom is 0.164 e. The van der Waals surface area contributed by atoms with Crippen LogP contribution in [0.15, 0.2) is 144 Å². The zero-order valence-electron chi connectivity index (χ0n) is 22.0. The first-order valence-corrected chi connectivity index (χ1v) is 13.6. The third kappa shape index (κ3) is 3.97. The van der Waals surface area contributed by atoms with Crippen LogP contribution in [0.5, 0.6) is 0 Å². The van der Waals surface area contributed by atoms with Gasteiger partial charge in [0.15, 0.2) is 17.5 Å². The maximum absolute atomic E-state index is 6.52. The Labute approximate surface area is 236 Å². The molecule has 2 heterocycles. The fraction of sp³-hybridized carbons (Fsp3) is 0. The predicted molar refractivity (Wildman–Crippen MR) is 166 cm³/mol. The molecule has 4 nitrogen and oxygen atoms in total. The smallest absolute Gasteiger partial charge is 0.164 e. The number of para-hydroxylation sites is 1. The molecule has 0 aliphatic heterocycles. The predicted octanol–water partition coefficient (Wildman–Crippen LogP) is 9.59. The van der Waals surface area contributed by atoms with Crippen molar-refractivity contribution in [2.75, 3.05) is 0 Å². The lowest BCUT2D eigenvalue weighted by molar-refractivity contribution is 0.670. The van der Waals surface area contributed by atoms with E-state index in [-0.39, 0.29) is 0 Å². The molecular weight excluding hydrogens is 502 g/mol. The van der Waals surface area contributed by atoms with Gasteiger partial charge in [0.25, 0.3) is 0 Å². The molecule has 0 N–H and O–H groups in total. The highest BCUT2D eigenvalue weighted by molar-refractivity contribution is 6.15. The summed E-state index contributed by atoms with van der Waals surface area (Å²) in [7, 11) is 0. The molecular formula is C37H23N3O. The molecule has 0 bridgehead atoms. The van der Waals surface area contributed by atoms with Gasteiger partial charge in [-0.2, -0.15) is 0 Å². The molecule has 41 heavy (non-hydrogen) atoms. The largest absolute Gasteiger partial charge is 0.455 e. The van der Waals surface area contributed by atoms with E-state index in [4.69, 9.17) is 19.4 Å². The van der Waals surface area contributed by atoms with E-state index in [1.54, 1.807) is 0 Å². The van der Waals surface area contributed by atoms with Crippen LogP contribution in [0.2, 0.25) is 0 Å². The minimum absolute atomic E-state index is 0.609. The molecule has 0 radical (unpaired) electrons. The second kappa shape index (κ2) is 9.54. The van der Waals surface area contributed by atoms with Crippen LogP contribution < -0.4 is 0 Å². The van der Waals surface area contributed by atoms with Gasteiger partial charge in [-0.3, -0.25) is 0 Å². The SMILES string of the molecule is c1ccc(-c2nc(-c3cccc4ccccc34)nc(-c3ccc(-c4ccccc4)c4oc5ccccc5c34)n2)cc1. The number of benzene rings is 6. The lowest BCUT2D eigenvalue weighted by Crippen LogP contribution is -2.01. The molecule has 192 valence electrons. The zero-order valence-corrected chi connectivity index (χ0v) is 22.0. The Bertz CT molecular complexity index is 2200. The van der Waals surface area contributed by atoms with Crippen molar-refractivity contribution in [2.45, 2.75) is 0 Å². The molecule has 8 aromatic rings. The minimum Gasteiger partial charge on any atom is -0.455 e. The summed E-state index contributed by atoms with van der Waals surface area (Å²) in [6.45, 7) is 0. The van der Waals surface area contributed by atoms with Crippen LogP contribution in [0.25, 0.3) is 78.0 Å². The van der Waals surface area contributed by atoms with Crippen LogP contribution in [-0.2, 0) is 0 Å². The summed E-state index contributed by atoms with van der Waals surface area (Å²) in [5, 5.41) is 4.27. The molecule has 0 atom stereocenters. The Balaban J connectivity index is 1.44. The maximum atomic E-state index is 6.52. The van der Waals surface area contributed by atoms with Gasteiger partial charge in [0.2, 0.25) is 0 Å². The standard InChI is InChI=1S/C37H23N3O/c1-3-12-25(13-4-1)28-22-23-31(33-30-19-9-10-21-32(30)41-34(28)33)37-39-35(26-15-5-2-6-16-26)38-36(40-37)29-20-11-17-24-14-7-8-18-27(24)29/h1-23H. The van der Waals surface area contributed by atoms with Gasteiger partial charge in [-0.05, 0) is 34.5 Å². The van der Waals surface area contributed by atoms with E-state index >= 15 is 0 Å². The third-order valence-electron chi connectivity index (χ3n) is 7.55. The number of nitrogens with zero attached hydrogens (tertiary/aromatic N) is 3. The fourth-order valence-electron chi connectivity index (χ4n) is 5.61. The molecule has 6 aromatic carbocycles. The van der Waals surface area contributed by atoms with Crippen LogP contribution in [0.1, 0.15) is 0 Å². The first kappa shape index (κ1) is 23.3. The van der Waals surface area contributed by atoms with Gasteiger partial charge in [0.05, 0.1) is 0 Å². The molecule has 8 rings (SSSR count). The van der Waals surface area contributed by atoms with Crippen molar-refractivity contribution in [1.82, 2.24) is 15.0 Å². The van der Waals surface area contributed by atoms with Crippen LogP contribution >= 0.6 is 0 Å². The van der Waals surface area contributed by atoms with Gasteiger partial charge < -0.3 is 4.42 Å². The Hall–Kier alpha value is -5.61. The van der Waals surface area contributed by atoms with Gasteiger partial charge in [0.1, 0.15) is 11.2 Å². The first-order chi connectivity index (χ1) is 20.3. The fourth-order valence-corrected chi connectivity index (χ4v) is 5.61. The summed E-state index contributed by atoms with van der Waals surface area (Å²) < 4.78 is 6.52. The highest BCUT2D eigenvalue weighted by Gasteiger charge is 2.20. The lowest BCUT2D eigenvalue weighted by Gasteiger charge is -2.12. The van der Waals surface area contributed by atoms with E-state index in [1.165, 1.54) is 0 Å². The monoisotopic (exact) mass is 525 g/mol. The normalized spacial score (nSPS) is 11.4. The van der Waals surface area contributed by atoms with E-state index < -0.39 is 0 Å². The summed E-state index contributed by atoms with van der Waals surface area (Å²) in [6.07, 6.45) is 0. The number of rotatable bonds is 4. The van der Waals surface area contributed by atoms with Gasteiger partial charge in [-0.25, -0.2) is 15.0 Å². The Kier molecular flexibility index (Phi) is 5.42. The van der Waals surface area contributed by atoms with Crippen LogP contribution in [0, 0.1) is 0 Å². The molecule has 0 unspecified atom stereocenters. The Morgan fingerprint density at radius 1 is 0.390 bits per heavy atom. The average molecular weight is 526 g/mol. The number of hydrogen-bond acceptors (Lipinski definition) is 4. The van der Waals surface area contributed by atoms with Crippen molar-refractivity contribution in [3.8, 4) is 45.3 Å². The molecule has 0 amide bonds. The molecule has 0 aliphatic carbocycles. The van der Waals surface area contributed by atoms with E-state index in [9.17, 15) is 0 Å². The molecule has 4 heteroatoms. The summed E-state index contributed by atoms with van der Waals surface area (Å²) >= 11 is 0. The van der Waals surface area contributed by atoms with Gasteiger partial charge in [0, 0.05) is 33.0 Å². The number of aromatic nitrogens is 3. The summed E-state index contributed by atoms with van der Waals surface area (Å²) in [5.74, 6) is 1.88. The molecule has 0 saturated carbocycles. The highest BCUT2D eigenvalue weighted by Crippen LogP contribution is 2.41. The van der Waals surface area contributed by atoms with E-state index in [1.807, 2.05) is 66.7 Å². The summed E-state index contributed by atoms with van der Waals surface area (Å²) in [5.41, 5.74) is 6.60. The van der Waals surface area contributed by atoms with Crippen molar-refractivity contribution in [1.29, 1.82) is 0 Å². The van der Waals surface area contributed by atoms with Crippen molar-refractivity contribution in [3.05, 3.63) is 140 Å². The minimum atomic E-state index is 0.609. The van der Waals surface area contributed by atoms with Crippen molar-refractivity contribution in [3.63, 3.8) is 0 Å². The average Bonchev–Trinajstić information content (AvgIpc) is 3.44. The second-order valence-corrected chi connectivity index (χ2v) is 10.0. The van der Waals surface area contributed by atoms with Crippen LogP contribution in [-0.4, -0.2) is 15.0 Å². The van der Waals surface area contributed by atoms with E-state index in [0.29, 0.717) is 17.5 Å². The van der Waals surface area contributed by atoms with Gasteiger partial charge in [-0.15, -0.1) is 0 Å². The van der Waals surface area contributed by atoms with Crippen molar-refractivity contribution >= 4 is 32.7 Å².